The largest absolute Gasteiger partial charge is 0.473 e. The fourth-order valence-electron chi connectivity index (χ4n) is 5.32. The molecule has 2 aliphatic carbocycles. The topological polar surface area (TPSA) is 24.9 Å². The van der Waals surface area contributed by atoms with Gasteiger partial charge >= 0.3 is 0 Å². The molecule has 5 aliphatic rings. The molecule has 0 atom stereocenters. The van der Waals surface area contributed by atoms with Crippen LogP contribution in [0.3, 0.4) is 0 Å². The molecule has 4 nitrogen and oxygen atoms in total. The Labute approximate surface area is 127 Å². The predicted octanol–water partition coefficient (Wildman–Crippen LogP) is 3.15. The number of ether oxygens (including phenoxy) is 2. The first-order valence-electron chi connectivity index (χ1n) is 8.88. The molecular formula is C17H26N2O2. The van der Waals surface area contributed by atoms with Crippen molar-refractivity contribution in [3.05, 3.63) is 11.8 Å². The fourth-order valence-corrected chi connectivity index (χ4v) is 5.32. The van der Waals surface area contributed by atoms with Crippen LogP contribution in [0, 0.1) is 0 Å². The van der Waals surface area contributed by atoms with Gasteiger partial charge in [0.15, 0.2) is 0 Å². The maximum absolute atomic E-state index is 6.16. The van der Waals surface area contributed by atoms with Crippen molar-refractivity contribution in [1.82, 2.24) is 9.80 Å². The lowest BCUT2D eigenvalue weighted by Crippen LogP contribution is -2.53. The Kier molecular flexibility index (Phi) is 2.52. The first-order chi connectivity index (χ1) is 10.3. The quantitative estimate of drug-likeness (QED) is 0.684. The Morgan fingerprint density at radius 3 is 1.48 bits per heavy atom. The van der Waals surface area contributed by atoms with Crippen molar-refractivity contribution in [2.45, 2.75) is 75.3 Å². The van der Waals surface area contributed by atoms with Gasteiger partial charge in [0, 0.05) is 0 Å². The van der Waals surface area contributed by atoms with Gasteiger partial charge in [-0.25, -0.2) is 0 Å². The van der Waals surface area contributed by atoms with E-state index in [1.165, 1.54) is 64.2 Å². The van der Waals surface area contributed by atoms with Gasteiger partial charge in [-0.05, 0) is 25.7 Å². The summed E-state index contributed by atoms with van der Waals surface area (Å²) in [6.45, 7) is 2.79. The van der Waals surface area contributed by atoms with Crippen LogP contribution >= 0.6 is 0 Å². The van der Waals surface area contributed by atoms with Crippen molar-refractivity contribution >= 4 is 0 Å². The summed E-state index contributed by atoms with van der Waals surface area (Å²) < 4.78 is 12.3. The van der Waals surface area contributed by atoms with E-state index in [2.05, 4.69) is 9.80 Å². The van der Waals surface area contributed by atoms with Crippen LogP contribution < -0.4 is 0 Å². The van der Waals surface area contributed by atoms with E-state index >= 15 is 0 Å². The molecular weight excluding hydrogens is 264 g/mol. The van der Waals surface area contributed by atoms with E-state index in [0.29, 0.717) is 0 Å². The summed E-state index contributed by atoms with van der Waals surface area (Å²) >= 11 is 0. The minimum Gasteiger partial charge on any atom is -0.473 e. The van der Waals surface area contributed by atoms with E-state index in [4.69, 9.17) is 9.47 Å². The smallest absolute Gasteiger partial charge is 0.254 e. The molecule has 3 aliphatic heterocycles. The zero-order valence-electron chi connectivity index (χ0n) is 12.9. The lowest BCUT2D eigenvalue weighted by atomic mass is 9.81. The second-order valence-electron chi connectivity index (χ2n) is 7.76. The van der Waals surface area contributed by atoms with E-state index < -0.39 is 0 Å². The Bertz CT molecular complexity index is 433. The second kappa shape index (κ2) is 4.23. The van der Waals surface area contributed by atoms with Crippen LogP contribution in [-0.4, -0.2) is 40.8 Å². The van der Waals surface area contributed by atoms with Crippen LogP contribution in [0.15, 0.2) is 11.8 Å². The van der Waals surface area contributed by atoms with Crippen molar-refractivity contribution in [3.8, 4) is 0 Å². The van der Waals surface area contributed by atoms with Gasteiger partial charge in [-0.15, -0.1) is 0 Å². The normalized spacial score (nSPS) is 32.4. The van der Waals surface area contributed by atoms with Crippen molar-refractivity contribution in [2.24, 2.45) is 0 Å². The van der Waals surface area contributed by atoms with Gasteiger partial charge in [0.05, 0.1) is 17.7 Å². The molecule has 0 aromatic rings. The molecule has 4 fully saturated rings. The molecule has 2 saturated carbocycles. The highest BCUT2D eigenvalue weighted by atomic mass is 16.6. The van der Waals surface area contributed by atoms with Crippen molar-refractivity contribution < 1.29 is 9.47 Å². The van der Waals surface area contributed by atoms with Crippen molar-refractivity contribution in [2.75, 3.05) is 19.9 Å². The van der Waals surface area contributed by atoms with Crippen LogP contribution in [-0.2, 0) is 9.47 Å². The van der Waals surface area contributed by atoms with E-state index in [9.17, 15) is 0 Å². The third-order valence-corrected chi connectivity index (χ3v) is 6.62. The molecule has 21 heavy (non-hydrogen) atoms. The minimum absolute atomic E-state index is 0.282. The van der Waals surface area contributed by atoms with E-state index in [1.807, 2.05) is 0 Å². The number of nitrogens with zero attached hydrogens (tertiary/aromatic N) is 2. The van der Waals surface area contributed by atoms with Crippen LogP contribution in [0.1, 0.15) is 64.2 Å². The molecule has 0 N–H and O–H groups in total. The molecule has 5 rings (SSSR count). The van der Waals surface area contributed by atoms with Crippen molar-refractivity contribution in [3.63, 3.8) is 0 Å². The highest BCUT2D eigenvalue weighted by molar-refractivity contribution is 5.23. The molecule has 4 heteroatoms. The molecule has 2 spiro atoms. The summed E-state index contributed by atoms with van der Waals surface area (Å²) in [4.78, 5) is 5.13. The molecule has 0 amide bonds. The standard InChI is InChI=1S/C17H26N2O2/c1-3-7-16(8-4-1)11-20-14-15-19(13-18(14)16)17(12-21-15)9-5-2-6-10-17/h1-13H2. The Morgan fingerprint density at radius 2 is 1.05 bits per heavy atom. The molecule has 116 valence electrons. The van der Waals surface area contributed by atoms with Gasteiger partial charge in [0.25, 0.3) is 11.8 Å². The van der Waals surface area contributed by atoms with Gasteiger partial charge in [-0.3, -0.25) is 0 Å². The van der Waals surface area contributed by atoms with E-state index in [1.54, 1.807) is 0 Å². The second-order valence-corrected chi connectivity index (χ2v) is 7.76. The maximum Gasteiger partial charge on any atom is 0.254 e. The summed E-state index contributed by atoms with van der Waals surface area (Å²) in [6, 6.07) is 0. The Morgan fingerprint density at radius 1 is 0.619 bits per heavy atom. The third-order valence-electron chi connectivity index (χ3n) is 6.62. The number of fused-ring (bicyclic) bond motifs is 4. The highest BCUT2D eigenvalue weighted by Crippen LogP contribution is 2.51. The lowest BCUT2D eigenvalue weighted by Gasteiger charge is -2.43. The van der Waals surface area contributed by atoms with E-state index in [0.717, 1.165) is 31.6 Å². The predicted molar refractivity (Wildman–Crippen MR) is 79.1 cm³/mol. The molecule has 0 radical (unpaired) electrons. The Hall–Kier alpha value is -1.06. The zero-order chi connectivity index (χ0) is 13.9. The van der Waals surface area contributed by atoms with Gasteiger partial charge in [0.1, 0.15) is 13.2 Å². The molecule has 0 aromatic heterocycles. The van der Waals surface area contributed by atoms with Gasteiger partial charge < -0.3 is 19.3 Å². The zero-order valence-corrected chi connectivity index (χ0v) is 12.9. The van der Waals surface area contributed by atoms with Crippen molar-refractivity contribution in [1.29, 1.82) is 0 Å². The summed E-state index contributed by atoms with van der Waals surface area (Å²) in [5.74, 6) is 2.14. The number of hydrogen-bond acceptors (Lipinski definition) is 4. The number of hydrogen-bond donors (Lipinski definition) is 0. The Balaban J connectivity index is 1.47. The first kappa shape index (κ1) is 12.5. The average molecular weight is 290 g/mol. The molecule has 3 heterocycles. The van der Waals surface area contributed by atoms with Crippen LogP contribution in [0.2, 0.25) is 0 Å². The monoisotopic (exact) mass is 290 g/mol. The van der Waals surface area contributed by atoms with Gasteiger partial charge in [-0.1, -0.05) is 38.5 Å². The maximum atomic E-state index is 6.16. The van der Waals surface area contributed by atoms with Crippen LogP contribution in [0.5, 0.6) is 0 Å². The average Bonchev–Trinajstić information content (AvgIpc) is 3.16. The molecule has 0 aromatic carbocycles. The van der Waals surface area contributed by atoms with Crippen LogP contribution in [0.4, 0.5) is 0 Å². The molecule has 0 unspecified atom stereocenters. The minimum atomic E-state index is 0.282. The molecule has 0 bridgehead atoms. The molecule has 2 saturated heterocycles. The van der Waals surface area contributed by atoms with Gasteiger partial charge in [0.2, 0.25) is 0 Å². The van der Waals surface area contributed by atoms with Crippen LogP contribution in [0.25, 0.3) is 0 Å². The lowest BCUT2D eigenvalue weighted by molar-refractivity contribution is 0.0449. The van der Waals surface area contributed by atoms with E-state index in [-0.39, 0.29) is 11.1 Å². The summed E-state index contributed by atoms with van der Waals surface area (Å²) in [7, 11) is 0. The summed E-state index contributed by atoms with van der Waals surface area (Å²) in [6.07, 6.45) is 13.4. The summed E-state index contributed by atoms with van der Waals surface area (Å²) in [5, 5.41) is 0. The number of rotatable bonds is 0. The first-order valence-corrected chi connectivity index (χ1v) is 8.88. The third kappa shape index (κ3) is 1.56. The van der Waals surface area contributed by atoms with Gasteiger partial charge in [-0.2, -0.15) is 0 Å². The highest BCUT2D eigenvalue weighted by Gasteiger charge is 2.58. The fraction of sp³-hybridized carbons (Fsp3) is 0.882. The summed E-state index contributed by atoms with van der Waals surface area (Å²) in [5.41, 5.74) is 0.564. The SMILES string of the molecule is C1CCC2(CC1)COC1=C3OCC4(CCCCC4)N3CN12.